The zero-order valence-electron chi connectivity index (χ0n) is 22.3. The summed E-state index contributed by atoms with van der Waals surface area (Å²) in [6.45, 7) is 8.59. The van der Waals surface area contributed by atoms with E-state index in [-0.39, 0.29) is 11.5 Å². The molecule has 0 saturated heterocycles. The van der Waals surface area contributed by atoms with Gasteiger partial charge >= 0.3 is 0 Å². The number of phenolic OH excluding ortho intramolecular Hbond substituents is 2. The molecule has 5 rings (SSSR count). The average Bonchev–Trinajstić information content (AvgIpc) is 2.92. The first-order valence-corrected chi connectivity index (χ1v) is 12.9. The summed E-state index contributed by atoms with van der Waals surface area (Å²) in [7, 11) is 0. The van der Waals surface area contributed by atoms with Gasteiger partial charge in [0.25, 0.3) is 0 Å². The Morgan fingerprint density at radius 3 is 1.47 bits per heavy atom. The largest absolute Gasteiger partial charge is 0.508 e. The van der Waals surface area contributed by atoms with Crippen molar-refractivity contribution < 1.29 is 10.2 Å². The van der Waals surface area contributed by atoms with Crippen molar-refractivity contribution >= 4 is 17.1 Å². The highest BCUT2D eigenvalue weighted by atomic mass is 16.3. The smallest absolute Gasteiger partial charge is 0.115 e. The second-order valence-corrected chi connectivity index (χ2v) is 10.2. The van der Waals surface area contributed by atoms with Gasteiger partial charge in [0.05, 0.1) is 0 Å². The van der Waals surface area contributed by atoms with Crippen molar-refractivity contribution in [1.29, 1.82) is 0 Å². The van der Waals surface area contributed by atoms with Crippen LogP contribution in [0.5, 0.6) is 11.5 Å². The summed E-state index contributed by atoms with van der Waals surface area (Å²) < 4.78 is 0. The van der Waals surface area contributed by atoms with Crippen LogP contribution in [0.2, 0.25) is 0 Å². The molecule has 0 saturated carbocycles. The number of anilines is 3. The summed E-state index contributed by atoms with van der Waals surface area (Å²) in [6.07, 6.45) is 0. The van der Waals surface area contributed by atoms with E-state index in [2.05, 4.69) is 99.3 Å². The number of aromatic hydroxyl groups is 2. The molecule has 0 unspecified atom stereocenters. The maximum absolute atomic E-state index is 9.93. The van der Waals surface area contributed by atoms with E-state index in [1.54, 1.807) is 24.3 Å². The van der Waals surface area contributed by atoms with E-state index < -0.39 is 5.41 Å². The van der Waals surface area contributed by atoms with Gasteiger partial charge in [-0.1, -0.05) is 54.6 Å². The minimum atomic E-state index is -0.492. The molecule has 190 valence electrons. The quantitative estimate of drug-likeness (QED) is 0.229. The predicted octanol–water partition coefficient (Wildman–Crippen LogP) is 8.85. The fourth-order valence-electron chi connectivity index (χ4n) is 5.11. The number of phenols is 2. The van der Waals surface area contributed by atoms with Crippen molar-refractivity contribution in [1.82, 2.24) is 0 Å². The van der Waals surface area contributed by atoms with E-state index in [0.29, 0.717) is 0 Å². The Bertz CT molecular complexity index is 1510. The van der Waals surface area contributed by atoms with Crippen molar-refractivity contribution in [3.05, 3.63) is 149 Å². The monoisotopic (exact) mass is 499 g/mol. The lowest BCUT2D eigenvalue weighted by Crippen LogP contribution is -2.25. The summed E-state index contributed by atoms with van der Waals surface area (Å²) >= 11 is 0. The van der Waals surface area contributed by atoms with Crippen LogP contribution >= 0.6 is 0 Å². The fraction of sp³-hybridized carbons (Fsp3) is 0.143. The molecule has 0 heterocycles. The molecular weight excluding hydrogens is 466 g/mol. The number of hydrogen-bond donors (Lipinski definition) is 2. The summed E-state index contributed by atoms with van der Waals surface area (Å²) in [5.41, 5.74) is 9.76. The van der Waals surface area contributed by atoms with Gasteiger partial charge in [-0.25, -0.2) is 0 Å². The molecule has 0 spiro atoms. The molecule has 38 heavy (non-hydrogen) atoms. The first-order chi connectivity index (χ1) is 18.3. The van der Waals surface area contributed by atoms with Crippen molar-refractivity contribution in [3.63, 3.8) is 0 Å². The molecule has 0 aromatic heterocycles. The molecule has 3 nitrogen and oxygen atoms in total. The molecule has 0 bridgehead atoms. The SMILES string of the molecule is Cc1cccc(N(c2ccc(C(C)(c3ccc(O)cc3)c3ccc(O)cc3)cc2)c2ccc(C)c(C)c2)c1. The first-order valence-electron chi connectivity index (χ1n) is 12.9. The van der Waals surface area contributed by atoms with Crippen LogP contribution in [0.25, 0.3) is 0 Å². The number of hydrogen-bond acceptors (Lipinski definition) is 3. The van der Waals surface area contributed by atoms with Crippen LogP contribution in [0.3, 0.4) is 0 Å². The number of nitrogens with zero attached hydrogens (tertiary/aromatic N) is 1. The van der Waals surface area contributed by atoms with Crippen molar-refractivity contribution in [2.24, 2.45) is 0 Å². The van der Waals surface area contributed by atoms with Crippen LogP contribution in [-0.4, -0.2) is 10.2 Å². The predicted molar refractivity (Wildman–Crippen MR) is 157 cm³/mol. The van der Waals surface area contributed by atoms with Crippen LogP contribution < -0.4 is 4.90 Å². The van der Waals surface area contributed by atoms with Crippen LogP contribution in [0, 0.1) is 20.8 Å². The lowest BCUT2D eigenvalue weighted by Gasteiger charge is -2.33. The molecule has 0 fully saturated rings. The topological polar surface area (TPSA) is 43.7 Å². The summed E-state index contributed by atoms with van der Waals surface area (Å²) in [5.74, 6) is 0.471. The number of benzene rings is 5. The molecule has 5 aromatic rings. The lowest BCUT2D eigenvalue weighted by atomic mass is 9.71. The van der Waals surface area contributed by atoms with Crippen molar-refractivity contribution in [2.75, 3.05) is 4.90 Å². The van der Waals surface area contributed by atoms with Crippen LogP contribution in [0.1, 0.15) is 40.3 Å². The van der Waals surface area contributed by atoms with E-state index in [1.165, 1.54) is 16.7 Å². The third-order valence-electron chi connectivity index (χ3n) is 7.60. The number of rotatable bonds is 6. The highest BCUT2D eigenvalue weighted by Crippen LogP contribution is 2.42. The highest BCUT2D eigenvalue weighted by molar-refractivity contribution is 5.77. The van der Waals surface area contributed by atoms with Crippen LogP contribution in [-0.2, 0) is 5.41 Å². The van der Waals surface area contributed by atoms with Crippen molar-refractivity contribution in [2.45, 2.75) is 33.1 Å². The zero-order valence-corrected chi connectivity index (χ0v) is 22.3. The van der Waals surface area contributed by atoms with E-state index >= 15 is 0 Å². The maximum Gasteiger partial charge on any atom is 0.115 e. The molecule has 0 radical (unpaired) electrons. The second kappa shape index (κ2) is 10.1. The number of aryl methyl sites for hydroxylation is 3. The van der Waals surface area contributed by atoms with Gasteiger partial charge in [0.2, 0.25) is 0 Å². The van der Waals surface area contributed by atoms with Crippen LogP contribution in [0.4, 0.5) is 17.1 Å². The molecule has 2 N–H and O–H groups in total. The summed E-state index contributed by atoms with van der Waals surface area (Å²) in [6, 6.07) is 38.6. The van der Waals surface area contributed by atoms with Gasteiger partial charge < -0.3 is 15.1 Å². The Labute approximate surface area is 225 Å². The standard InChI is InChI=1S/C35H33NO2/c1-24-6-5-7-31(22-24)36(32-15-8-25(2)26(3)23-32)30-16-9-27(10-17-30)35(4,28-11-18-33(37)19-12-28)29-13-20-34(38)21-14-29/h5-23,37-38H,1-4H3. The first kappa shape index (κ1) is 25.2. The summed E-state index contributed by atoms with van der Waals surface area (Å²) in [5, 5.41) is 19.9. The molecule has 5 aromatic carbocycles. The molecular formula is C35H33NO2. The van der Waals surface area contributed by atoms with E-state index in [4.69, 9.17) is 0 Å². The fourth-order valence-corrected chi connectivity index (χ4v) is 5.11. The minimum absolute atomic E-state index is 0.236. The Kier molecular flexibility index (Phi) is 6.69. The molecule has 0 aliphatic carbocycles. The Hall–Kier alpha value is -4.50. The van der Waals surface area contributed by atoms with E-state index in [9.17, 15) is 10.2 Å². The third kappa shape index (κ3) is 4.76. The average molecular weight is 500 g/mol. The normalized spacial score (nSPS) is 11.4. The van der Waals surface area contributed by atoms with Gasteiger partial charge in [0.1, 0.15) is 11.5 Å². The Balaban J connectivity index is 1.64. The lowest BCUT2D eigenvalue weighted by molar-refractivity contribution is 0.474. The third-order valence-corrected chi connectivity index (χ3v) is 7.60. The Morgan fingerprint density at radius 1 is 0.500 bits per heavy atom. The van der Waals surface area contributed by atoms with Crippen molar-refractivity contribution in [3.8, 4) is 11.5 Å². The zero-order chi connectivity index (χ0) is 26.9. The van der Waals surface area contributed by atoms with Gasteiger partial charge in [-0.15, -0.1) is 0 Å². The van der Waals surface area contributed by atoms with Crippen LogP contribution in [0.15, 0.2) is 115 Å². The minimum Gasteiger partial charge on any atom is -0.508 e. The van der Waals surface area contributed by atoms with Gasteiger partial charge in [0, 0.05) is 22.5 Å². The second-order valence-electron chi connectivity index (χ2n) is 10.2. The highest BCUT2D eigenvalue weighted by Gasteiger charge is 2.31. The van der Waals surface area contributed by atoms with E-state index in [0.717, 1.165) is 33.8 Å². The summed E-state index contributed by atoms with van der Waals surface area (Å²) in [4.78, 5) is 2.29. The van der Waals surface area contributed by atoms with Gasteiger partial charge in [-0.3, -0.25) is 0 Å². The molecule has 0 aliphatic heterocycles. The van der Waals surface area contributed by atoms with E-state index in [1.807, 2.05) is 24.3 Å². The Morgan fingerprint density at radius 2 is 0.974 bits per heavy atom. The molecule has 0 amide bonds. The van der Waals surface area contributed by atoms with Gasteiger partial charge in [0.15, 0.2) is 0 Å². The maximum atomic E-state index is 9.93. The molecule has 3 heteroatoms. The van der Waals surface area contributed by atoms with Gasteiger partial charge in [-0.2, -0.15) is 0 Å². The molecule has 0 atom stereocenters. The molecule has 0 aliphatic rings. The van der Waals surface area contributed by atoms with Gasteiger partial charge in [-0.05, 0) is 122 Å².